The van der Waals surface area contributed by atoms with Crippen molar-refractivity contribution in [2.45, 2.75) is 24.7 Å². The molecule has 2 heterocycles. The summed E-state index contributed by atoms with van der Waals surface area (Å²) in [5.41, 5.74) is 0.636. The summed E-state index contributed by atoms with van der Waals surface area (Å²) < 4.78 is 0. The van der Waals surface area contributed by atoms with E-state index >= 15 is 0 Å². The summed E-state index contributed by atoms with van der Waals surface area (Å²) in [4.78, 5) is 10.3. The maximum absolute atomic E-state index is 9.33. The largest absolute Gasteiger partial charge is 0.391 e. The smallest absolute Gasteiger partial charge is 0.140 e. The highest BCUT2D eigenvalue weighted by Crippen LogP contribution is 2.28. The molecule has 2 rings (SSSR count). The van der Waals surface area contributed by atoms with Crippen molar-refractivity contribution in [1.29, 1.82) is 0 Å². The Bertz CT molecular complexity index is 383. The van der Waals surface area contributed by atoms with Crippen molar-refractivity contribution >= 4 is 29.2 Å². The van der Waals surface area contributed by atoms with E-state index in [1.807, 2.05) is 11.8 Å². The molecule has 0 amide bonds. The molecule has 0 radical (unpaired) electrons. The van der Waals surface area contributed by atoms with E-state index in [9.17, 15) is 5.11 Å². The second-order valence-electron chi connectivity index (χ2n) is 4.05. The van der Waals surface area contributed by atoms with Gasteiger partial charge in [0, 0.05) is 18.3 Å². The molecular formula is C11H16ClN3OS. The van der Waals surface area contributed by atoms with Crippen LogP contribution in [-0.4, -0.2) is 39.7 Å². The number of halogens is 1. The van der Waals surface area contributed by atoms with Gasteiger partial charge in [-0.05, 0) is 19.1 Å². The van der Waals surface area contributed by atoms with E-state index in [0.29, 0.717) is 10.7 Å². The maximum atomic E-state index is 9.33. The molecule has 0 unspecified atom stereocenters. The third-order valence-corrected chi connectivity index (χ3v) is 4.57. The van der Waals surface area contributed by atoms with Crippen LogP contribution in [0.4, 0.5) is 5.82 Å². The molecular weight excluding hydrogens is 258 g/mol. The SMILES string of the molecule is CSC1CCN(c2ncnc(Cl)c2CO)CC1. The van der Waals surface area contributed by atoms with Crippen molar-refractivity contribution in [2.24, 2.45) is 0 Å². The Morgan fingerprint density at radius 2 is 2.18 bits per heavy atom. The zero-order chi connectivity index (χ0) is 12.3. The minimum absolute atomic E-state index is 0.114. The minimum Gasteiger partial charge on any atom is -0.391 e. The molecule has 0 spiro atoms. The molecule has 0 saturated carbocycles. The predicted octanol–water partition coefficient (Wildman–Crippen LogP) is 1.95. The third kappa shape index (κ3) is 2.84. The van der Waals surface area contributed by atoms with Gasteiger partial charge in [0.15, 0.2) is 0 Å². The maximum Gasteiger partial charge on any atom is 0.140 e. The summed E-state index contributed by atoms with van der Waals surface area (Å²) in [6, 6.07) is 0. The first-order valence-electron chi connectivity index (χ1n) is 5.64. The van der Waals surface area contributed by atoms with E-state index in [1.165, 1.54) is 6.33 Å². The summed E-state index contributed by atoms with van der Waals surface area (Å²) in [5.74, 6) is 0.784. The average molecular weight is 274 g/mol. The van der Waals surface area contributed by atoms with E-state index in [4.69, 9.17) is 11.6 Å². The van der Waals surface area contributed by atoms with Crippen molar-refractivity contribution in [3.8, 4) is 0 Å². The highest BCUT2D eigenvalue weighted by molar-refractivity contribution is 7.99. The second-order valence-corrected chi connectivity index (χ2v) is 5.54. The molecule has 94 valence electrons. The second kappa shape index (κ2) is 5.89. The van der Waals surface area contributed by atoms with Gasteiger partial charge in [-0.1, -0.05) is 11.6 Å². The van der Waals surface area contributed by atoms with E-state index in [2.05, 4.69) is 21.1 Å². The van der Waals surface area contributed by atoms with Crippen molar-refractivity contribution in [1.82, 2.24) is 9.97 Å². The lowest BCUT2D eigenvalue weighted by Crippen LogP contribution is -2.36. The number of hydrogen-bond acceptors (Lipinski definition) is 5. The topological polar surface area (TPSA) is 49.2 Å². The van der Waals surface area contributed by atoms with E-state index < -0.39 is 0 Å². The highest BCUT2D eigenvalue weighted by atomic mass is 35.5. The summed E-state index contributed by atoms with van der Waals surface area (Å²) in [6.07, 6.45) is 5.90. The number of nitrogens with zero attached hydrogens (tertiary/aromatic N) is 3. The summed E-state index contributed by atoms with van der Waals surface area (Å²) >= 11 is 7.88. The Balaban J connectivity index is 2.15. The molecule has 1 aromatic heterocycles. The van der Waals surface area contributed by atoms with Gasteiger partial charge in [0.25, 0.3) is 0 Å². The number of aliphatic hydroxyl groups is 1. The molecule has 0 bridgehead atoms. The molecule has 0 aromatic carbocycles. The molecule has 1 aromatic rings. The molecule has 17 heavy (non-hydrogen) atoms. The number of thioether (sulfide) groups is 1. The normalized spacial score (nSPS) is 17.5. The van der Waals surface area contributed by atoms with E-state index in [-0.39, 0.29) is 6.61 Å². The fourth-order valence-corrected chi connectivity index (χ4v) is 2.96. The van der Waals surface area contributed by atoms with Gasteiger partial charge in [0.1, 0.15) is 17.3 Å². The quantitative estimate of drug-likeness (QED) is 0.853. The zero-order valence-corrected chi connectivity index (χ0v) is 11.3. The van der Waals surface area contributed by atoms with Crippen molar-refractivity contribution in [2.75, 3.05) is 24.2 Å². The Hall–Kier alpha value is -0.520. The Kier molecular flexibility index (Phi) is 4.48. The lowest BCUT2D eigenvalue weighted by Gasteiger charge is -2.32. The van der Waals surface area contributed by atoms with Crippen LogP contribution in [0.1, 0.15) is 18.4 Å². The van der Waals surface area contributed by atoms with Crippen LogP contribution in [0.3, 0.4) is 0 Å². The van der Waals surface area contributed by atoms with Crippen LogP contribution in [0.5, 0.6) is 0 Å². The molecule has 1 saturated heterocycles. The summed E-state index contributed by atoms with van der Waals surface area (Å²) in [7, 11) is 0. The van der Waals surface area contributed by atoms with Gasteiger partial charge in [-0.3, -0.25) is 0 Å². The van der Waals surface area contributed by atoms with Crippen LogP contribution in [0.2, 0.25) is 5.15 Å². The van der Waals surface area contributed by atoms with Crippen LogP contribution in [0, 0.1) is 0 Å². The third-order valence-electron chi connectivity index (χ3n) is 3.10. The number of hydrogen-bond donors (Lipinski definition) is 1. The van der Waals surface area contributed by atoms with Crippen LogP contribution < -0.4 is 4.90 Å². The summed E-state index contributed by atoms with van der Waals surface area (Å²) in [6.45, 7) is 1.81. The van der Waals surface area contributed by atoms with Crippen LogP contribution in [0.15, 0.2) is 6.33 Å². The lowest BCUT2D eigenvalue weighted by molar-refractivity contribution is 0.281. The fraction of sp³-hybridized carbons (Fsp3) is 0.636. The molecule has 0 aliphatic carbocycles. The first kappa shape index (κ1) is 12.9. The van der Waals surface area contributed by atoms with Gasteiger partial charge in [-0.2, -0.15) is 11.8 Å². The highest BCUT2D eigenvalue weighted by Gasteiger charge is 2.22. The van der Waals surface area contributed by atoms with Crippen molar-refractivity contribution < 1.29 is 5.11 Å². The average Bonchev–Trinajstić information content (AvgIpc) is 2.38. The molecule has 1 fully saturated rings. The predicted molar refractivity (Wildman–Crippen MR) is 71.7 cm³/mol. The Labute approximate surface area is 110 Å². The van der Waals surface area contributed by atoms with Gasteiger partial charge >= 0.3 is 0 Å². The summed E-state index contributed by atoms with van der Waals surface area (Å²) in [5, 5.41) is 10.4. The van der Waals surface area contributed by atoms with E-state index in [1.54, 1.807) is 0 Å². The van der Waals surface area contributed by atoms with Crippen LogP contribution in [0.25, 0.3) is 0 Å². The van der Waals surface area contributed by atoms with Gasteiger partial charge in [0.05, 0.1) is 12.2 Å². The van der Waals surface area contributed by atoms with Crippen LogP contribution in [-0.2, 0) is 6.61 Å². The van der Waals surface area contributed by atoms with Crippen LogP contribution >= 0.6 is 23.4 Å². The van der Waals surface area contributed by atoms with E-state index in [0.717, 1.165) is 37.0 Å². The van der Waals surface area contributed by atoms with Gasteiger partial charge in [-0.15, -0.1) is 0 Å². The molecule has 1 N–H and O–H groups in total. The van der Waals surface area contributed by atoms with Gasteiger partial charge in [-0.25, -0.2) is 9.97 Å². The Morgan fingerprint density at radius 3 is 2.76 bits per heavy atom. The monoisotopic (exact) mass is 273 g/mol. The molecule has 1 aliphatic heterocycles. The Morgan fingerprint density at radius 1 is 1.47 bits per heavy atom. The molecule has 4 nitrogen and oxygen atoms in total. The number of aliphatic hydroxyl groups excluding tert-OH is 1. The minimum atomic E-state index is -0.114. The molecule has 6 heteroatoms. The lowest BCUT2D eigenvalue weighted by atomic mass is 10.1. The first-order valence-corrected chi connectivity index (χ1v) is 7.30. The number of anilines is 1. The van der Waals surface area contributed by atoms with Crippen molar-refractivity contribution in [3.63, 3.8) is 0 Å². The fourth-order valence-electron chi connectivity index (χ4n) is 2.09. The van der Waals surface area contributed by atoms with Gasteiger partial charge < -0.3 is 10.0 Å². The van der Waals surface area contributed by atoms with Crippen molar-refractivity contribution in [3.05, 3.63) is 17.0 Å². The first-order chi connectivity index (χ1) is 8.26. The number of rotatable bonds is 3. The standard InChI is InChI=1S/C11H16ClN3OS/c1-17-8-2-4-15(5-3-8)11-9(6-16)10(12)13-7-14-11/h7-8,16H,2-6H2,1H3. The number of aromatic nitrogens is 2. The molecule has 0 atom stereocenters. The number of piperidine rings is 1. The van der Waals surface area contributed by atoms with Gasteiger partial charge in [0.2, 0.25) is 0 Å². The molecule has 1 aliphatic rings. The zero-order valence-electron chi connectivity index (χ0n) is 9.77.